The van der Waals surface area contributed by atoms with Gasteiger partial charge in [-0.05, 0) is 12.1 Å². The zero-order valence-corrected chi connectivity index (χ0v) is 8.72. The fraction of sp³-hybridized carbons (Fsp3) is 0.250. The highest BCUT2D eigenvalue weighted by Crippen LogP contribution is 2.28. The monoisotopic (exact) mass is 216 g/mol. The molecule has 1 aromatic carbocycles. The van der Waals surface area contributed by atoms with E-state index in [4.69, 9.17) is 10.5 Å². The molecule has 4 nitrogen and oxygen atoms in total. The standard InChI is InChI=1S/C12H12N2O2/c13-6-9-7-14-11(15)5-4-8-2-1-3-10(16-9)12(8)14/h1-5,9H,6-7,13H2/t9-/m0/s1. The Morgan fingerprint density at radius 1 is 1.38 bits per heavy atom. The van der Waals surface area contributed by atoms with Crippen LogP contribution in [0.1, 0.15) is 0 Å². The van der Waals surface area contributed by atoms with E-state index in [1.54, 1.807) is 10.6 Å². The first-order valence-electron chi connectivity index (χ1n) is 5.29. The van der Waals surface area contributed by atoms with Gasteiger partial charge in [0.2, 0.25) is 0 Å². The van der Waals surface area contributed by atoms with Gasteiger partial charge in [-0.3, -0.25) is 4.79 Å². The SMILES string of the molecule is NC[C@H]1Cn2c(=O)ccc3cccc(c32)O1. The number of benzene rings is 1. The van der Waals surface area contributed by atoms with E-state index >= 15 is 0 Å². The second-order valence-electron chi connectivity index (χ2n) is 3.95. The van der Waals surface area contributed by atoms with Crippen LogP contribution in [-0.4, -0.2) is 17.2 Å². The third-order valence-electron chi connectivity index (χ3n) is 2.91. The third-order valence-corrected chi connectivity index (χ3v) is 2.91. The van der Waals surface area contributed by atoms with Crippen LogP contribution in [0.25, 0.3) is 10.9 Å². The second kappa shape index (κ2) is 3.35. The zero-order chi connectivity index (χ0) is 11.1. The minimum absolute atomic E-state index is 0.00157. The van der Waals surface area contributed by atoms with Gasteiger partial charge in [-0.15, -0.1) is 0 Å². The Balaban J connectivity index is 2.36. The highest BCUT2D eigenvalue weighted by molar-refractivity contribution is 5.85. The lowest BCUT2D eigenvalue weighted by Gasteiger charge is -2.26. The second-order valence-corrected chi connectivity index (χ2v) is 3.95. The van der Waals surface area contributed by atoms with Gasteiger partial charge in [0.05, 0.1) is 12.1 Å². The Morgan fingerprint density at radius 2 is 2.25 bits per heavy atom. The van der Waals surface area contributed by atoms with Gasteiger partial charge in [-0.1, -0.05) is 12.1 Å². The van der Waals surface area contributed by atoms with Crippen molar-refractivity contribution in [2.24, 2.45) is 5.73 Å². The lowest BCUT2D eigenvalue weighted by Crippen LogP contribution is -2.38. The fourth-order valence-electron chi connectivity index (χ4n) is 2.14. The summed E-state index contributed by atoms with van der Waals surface area (Å²) in [5, 5.41) is 1.02. The lowest BCUT2D eigenvalue weighted by atomic mass is 10.1. The third kappa shape index (κ3) is 1.23. The van der Waals surface area contributed by atoms with Gasteiger partial charge in [-0.25, -0.2) is 0 Å². The zero-order valence-electron chi connectivity index (χ0n) is 8.72. The van der Waals surface area contributed by atoms with Gasteiger partial charge in [0.15, 0.2) is 0 Å². The maximum Gasteiger partial charge on any atom is 0.251 e. The molecule has 0 bridgehead atoms. The van der Waals surface area contributed by atoms with Crippen LogP contribution in [0.3, 0.4) is 0 Å². The molecule has 2 N–H and O–H groups in total. The predicted molar refractivity (Wildman–Crippen MR) is 61.7 cm³/mol. The summed E-state index contributed by atoms with van der Waals surface area (Å²) in [6.45, 7) is 0.945. The quantitative estimate of drug-likeness (QED) is 0.764. The molecule has 2 heterocycles. The minimum atomic E-state index is -0.113. The Morgan fingerprint density at radius 3 is 3.06 bits per heavy atom. The highest BCUT2D eigenvalue weighted by atomic mass is 16.5. The summed E-state index contributed by atoms with van der Waals surface area (Å²) in [6, 6.07) is 9.18. The van der Waals surface area contributed by atoms with Crippen molar-refractivity contribution in [3.63, 3.8) is 0 Å². The molecule has 16 heavy (non-hydrogen) atoms. The largest absolute Gasteiger partial charge is 0.485 e. The Labute approximate surface area is 92.2 Å². The van der Waals surface area contributed by atoms with Crippen molar-refractivity contribution in [1.29, 1.82) is 0 Å². The molecule has 1 aliphatic rings. The molecule has 0 aliphatic carbocycles. The Bertz CT molecular complexity index is 603. The van der Waals surface area contributed by atoms with Crippen molar-refractivity contribution in [2.75, 3.05) is 6.54 Å². The van der Waals surface area contributed by atoms with Crippen LogP contribution in [-0.2, 0) is 6.54 Å². The number of nitrogens with zero attached hydrogens (tertiary/aromatic N) is 1. The van der Waals surface area contributed by atoms with E-state index in [1.165, 1.54) is 0 Å². The summed E-state index contributed by atoms with van der Waals surface area (Å²) in [5.74, 6) is 0.747. The van der Waals surface area contributed by atoms with Crippen LogP contribution in [0.15, 0.2) is 35.1 Å². The number of aromatic nitrogens is 1. The molecule has 0 spiro atoms. The summed E-state index contributed by atoms with van der Waals surface area (Å²) < 4.78 is 7.47. The molecule has 0 unspecified atom stereocenters. The minimum Gasteiger partial charge on any atom is -0.485 e. The van der Waals surface area contributed by atoms with Crippen LogP contribution in [0.2, 0.25) is 0 Å². The van der Waals surface area contributed by atoms with Crippen LogP contribution < -0.4 is 16.0 Å². The van der Waals surface area contributed by atoms with E-state index in [1.807, 2.05) is 24.3 Å². The molecule has 1 aromatic heterocycles. The van der Waals surface area contributed by atoms with E-state index in [-0.39, 0.29) is 11.7 Å². The number of hydrogen-bond acceptors (Lipinski definition) is 3. The van der Waals surface area contributed by atoms with Crippen molar-refractivity contribution < 1.29 is 4.74 Å². The molecule has 0 amide bonds. The molecule has 0 saturated carbocycles. The van der Waals surface area contributed by atoms with Gasteiger partial charge < -0.3 is 15.0 Å². The number of pyridine rings is 1. The van der Waals surface area contributed by atoms with E-state index in [0.717, 1.165) is 16.7 Å². The number of para-hydroxylation sites is 1. The van der Waals surface area contributed by atoms with E-state index in [9.17, 15) is 4.79 Å². The highest BCUT2D eigenvalue weighted by Gasteiger charge is 2.20. The average Bonchev–Trinajstić information content (AvgIpc) is 2.33. The molecule has 2 aromatic rings. The number of rotatable bonds is 1. The van der Waals surface area contributed by atoms with Crippen LogP contribution in [0, 0.1) is 0 Å². The van der Waals surface area contributed by atoms with Gasteiger partial charge in [0.25, 0.3) is 5.56 Å². The van der Waals surface area contributed by atoms with Crippen molar-refractivity contribution in [1.82, 2.24) is 4.57 Å². The molecule has 4 heteroatoms. The normalized spacial score (nSPS) is 18.4. The Kier molecular flexibility index (Phi) is 1.97. The predicted octanol–water partition coefficient (Wildman–Crippen LogP) is 0.721. The van der Waals surface area contributed by atoms with Crippen LogP contribution in [0.5, 0.6) is 5.75 Å². The van der Waals surface area contributed by atoms with E-state index in [0.29, 0.717) is 13.1 Å². The van der Waals surface area contributed by atoms with E-state index in [2.05, 4.69) is 0 Å². The summed E-state index contributed by atoms with van der Waals surface area (Å²) in [7, 11) is 0. The molecule has 1 atom stereocenters. The maximum atomic E-state index is 11.8. The number of nitrogens with two attached hydrogens (primary N) is 1. The van der Waals surface area contributed by atoms with Crippen LogP contribution in [0.4, 0.5) is 0 Å². The first-order valence-corrected chi connectivity index (χ1v) is 5.29. The molecule has 1 aliphatic heterocycles. The maximum absolute atomic E-state index is 11.8. The summed E-state index contributed by atoms with van der Waals surface area (Å²) in [4.78, 5) is 11.8. The number of ether oxygens (including phenoxy) is 1. The van der Waals surface area contributed by atoms with Crippen molar-refractivity contribution >= 4 is 10.9 Å². The van der Waals surface area contributed by atoms with Crippen LogP contribution >= 0.6 is 0 Å². The molecular formula is C12H12N2O2. The smallest absolute Gasteiger partial charge is 0.251 e. The van der Waals surface area contributed by atoms with E-state index < -0.39 is 0 Å². The molecular weight excluding hydrogens is 204 g/mol. The summed E-state index contributed by atoms with van der Waals surface area (Å²) >= 11 is 0. The molecule has 82 valence electrons. The first-order chi connectivity index (χ1) is 7.79. The number of hydrogen-bond donors (Lipinski definition) is 1. The molecule has 0 radical (unpaired) electrons. The summed E-state index contributed by atoms with van der Waals surface area (Å²) in [6.07, 6.45) is -0.113. The average molecular weight is 216 g/mol. The van der Waals surface area contributed by atoms with Crippen molar-refractivity contribution in [3.05, 3.63) is 40.7 Å². The Hall–Kier alpha value is -1.81. The van der Waals surface area contributed by atoms with Crippen molar-refractivity contribution in [3.8, 4) is 5.75 Å². The summed E-state index contributed by atoms with van der Waals surface area (Å²) in [5.41, 5.74) is 6.47. The van der Waals surface area contributed by atoms with Gasteiger partial charge in [0.1, 0.15) is 11.9 Å². The van der Waals surface area contributed by atoms with Crippen molar-refractivity contribution in [2.45, 2.75) is 12.6 Å². The fourth-order valence-corrected chi connectivity index (χ4v) is 2.14. The molecule has 0 fully saturated rings. The first kappa shape index (κ1) is 9.42. The van der Waals surface area contributed by atoms with Gasteiger partial charge in [-0.2, -0.15) is 0 Å². The molecule has 3 rings (SSSR count). The lowest BCUT2D eigenvalue weighted by molar-refractivity contribution is 0.176. The topological polar surface area (TPSA) is 57.2 Å². The van der Waals surface area contributed by atoms with Gasteiger partial charge >= 0.3 is 0 Å². The van der Waals surface area contributed by atoms with Gasteiger partial charge in [0, 0.05) is 18.0 Å². The molecule has 0 saturated heterocycles.